The molecule has 1 nitrogen and oxygen atoms in total. The lowest BCUT2D eigenvalue weighted by atomic mass is 10.4. The second-order valence-electron chi connectivity index (χ2n) is 4.38. The topological polar surface area (TPSA) is 12.0 Å². The van der Waals surface area contributed by atoms with Crippen molar-refractivity contribution in [1.82, 2.24) is 5.32 Å². The molecule has 0 radical (unpaired) electrons. The molecule has 0 atom stereocenters. The summed E-state index contributed by atoms with van der Waals surface area (Å²) in [5, 5.41) is 3.37. The van der Waals surface area contributed by atoms with Crippen LogP contribution >= 0.6 is 0 Å². The monoisotopic (exact) mass is 197 g/mol. The van der Waals surface area contributed by atoms with Gasteiger partial charge in [0.25, 0.3) is 0 Å². The van der Waals surface area contributed by atoms with Gasteiger partial charge in [-0.3, -0.25) is 0 Å². The lowest BCUT2D eigenvalue weighted by Crippen LogP contribution is -2.17. The van der Waals surface area contributed by atoms with Crippen LogP contribution in [0.5, 0.6) is 0 Å². The van der Waals surface area contributed by atoms with Gasteiger partial charge in [-0.1, -0.05) is 37.5 Å². The summed E-state index contributed by atoms with van der Waals surface area (Å²) in [5.74, 6) is 0. The molecule has 0 heterocycles. The van der Waals surface area contributed by atoms with E-state index in [4.69, 9.17) is 0 Å². The largest absolute Gasteiger partial charge is 0.316 e. The van der Waals surface area contributed by atoms with Gasteiger partial charge in [-0.25, -0.2) is 0 Å². The van der Waals surface area contributed by atoms with E-state index in [1.165, 1.54) is 0 Å². The molecule has 0 saturated carbocycles. The molecule has 0 aliphatic heterocycles. The number of hydrogen-bond acceptors (Lipinski definition) is 1. The molecular weight excluding hydrogens is 174 g/mol. The Morgan fingerprint density at radius 3 is 2.31 bits per heavy atom. The van der Waals surface area contributed by atoms with Gasteiger partial charge in [0.05, 0.1) is 8.07 Å². The molecular formula is C11H23NSi. The van der Waals surface area contributed by atoms with Gasteiger partial charge in [0.1, 0.15) is 0 Å². The highest BCUT2D eigenvalue weighted by atomic mass is 28.3. The minimum absolute atomic E-state index is 0.957. The zero-order chi connectivity index (χ0) is 10.2. The summed E-state index contributed by atoms with van der Waals surface area (Å²) in [6, 6.07) is 0. The maximum Gasteiger partial charge on any atom is 0.0682 e. The van der Waals surface area contributed by atoms with Crippen LogP contribution in [-0.2, 0) is 0 Å². The maximum absolute atomic E-state index is 3.68. The van der Waals surface area contributed by atoms with Crippen LogP contribution in [0, 0.1) is 0 Å². The minimum atomic E-state index is -0.957. The van der Waals surface area contributed by atoms with Crippen LogP contribution in [0.1, 0.15) is 12.8 Å². The summed E-state index contributed by atoms with van der Waals surface area (Å²) in [6.45, 7) is 12.9. The van der Waals surface area contributed by atoms with Crippen molar-refractivity contribution in [3.63, 3.8) is 0 Å². The lowest BCUT2D eigenvalue weighted by molar-refractivity contribution is 0.698. The Morgan fingerprint density at radius 1 is 1.15 bits per heavy atom. The molecule has 0 unspecified atom stereocenters. The Labute approximate surface area is 83.9 Å². The summed E-state index contributed by atoms with van der Waals surface area (Å²) in [6.07, 6.45) is 6.48. The van der Waals surface area contributed by atoms with Crippen molar-refractivity contribution in [2.45, 2.75) is 32.5 Å². The Morgan fingerprint density at radius 2 is 1.77 bits per heavy atom. The van der Waals surface area contributed by atoms with Crippen LogP contribution < -0.4 is 5.32 Å². The second kappa shape index (κ2) is 7.10. The van der Waals surface area contributed by atoms with Gasteiger partial charge in [-0.2, -0.15) is 0 Å². The molecule has 2 heteroatoms. The Bertz CT molecular complexity index is 156. The first-order valence-corrected chi connectivity index (χ1v) is 8.63. The second-order valence-corrected chi connectivity index (χ2v) is 9.45. The van der Waals surface area contributed by atoms with E-state index in [9.17, 15) is 0 Å². The fourth-order valence-corrected chi connectivity index (χ4v) is 1.83. The standard InChI is InChI=1S/C11H23NSi/c1-5-6-9-12-10-7-8-11-13(2,3)4/h5,8,11-12H,1,6-7,9-10H2,2-4H3/b11-8+. The molecule has 0 saturated heterocycles. The first kappa shape index (κ1) is 12.7. The highest BCUT2D eigenvalue weighted by molar-refractivity contribution is 6.80. The van der Waals surface area contributed by atoms with Gasteiger partial charge in [-0.05, 0) is 25.9 Å². The van der Waals surface area contributed by atoms with E-state index >= 15 is 0 Å². The molecule has 0 aromatic carbocycles. The summed E-state index contributed by atoms with van der Waals surface area (Å²) in [7, 11) is -0.957. The van der Waals surface area contributed by atoms with Crippen molar-refractivity contribution in [3.05, 3.63) is 24.4 Å². The Kier molecular flexibility index (Phi) is 6.91. The van der Waals surface area contributed by atoms with Gasteiger partial charge in [0.15, 0.2) is 0 Å². The van der Waals surface area contributed by atoms with Gasteiger partial charge in [0.2, 0.25) is 0 Å². The highest BCUT2D eigenvalue weighted by Gasteiger charge is 2.05. The SMILES string of the molecule is C=CCCNCC/C=C/[Si](C)(C)C. The van der Waals surface area contributed by atoms with E-state index in [1.807, 2.05) is 6.08 Å². The zero-order valence-electron chi connectivity index (χ0n) is 9.27. The van der Waals surface area contributed by atoms with Crippen LogP contribution in [0.4, 0.5) is 0 Å². The van der Waals surface area contributed by atoms with Crippen molar-refractivity contribution in [1.29, 1.82) is 0 Å². The van der Waals surface area contributed by atoms with Gasteiger partial charge >= 0.3 is 0 Å². The molecule has 0 spiro atoms. The molecule has 0 aromatic rings. The molecule has 0 amide bonds. The van der Waals surface area contributed by atoms with Gasteiger partial charge < -0.3 is 5.32 Å². The molecule has 13 heavy (non-hydrogen) atoms. The van der Waals surface area contributed by atoms with Crippen molar-refractivity contribution in [2.75, 3.05) is 13.1 Å². The third-order valence-electron chi connectivity index (χ3n) is 1.63. The normalized spacial score (nSPS) is 12.2. The quantitative estimate of drug-likeness (QED) is 0.376. The van der Waals surface area contributed by atoms with Crippen molar-refractivity contribution in [3.8, 4) is 0 Å². The highest BCUT2D eigenvalue weighted by Crippen LogP contribution is 2.01. The number of rotatable bonds is 7. The average molecular weight is 197 g/mol. The summed E-state index contributed by atoms with van der Waals surface area (Å²) >= 11 is 0. The first-order valence-electron chi connectivity index (χ1n) is 5.05. The van der Waals surface area contributed by atoms with E-state index < -0.39 is 8.07 Å². The third-order valence-corrected chi connectivity index (χ3v) is 2.87. The fraction of sp³-hybridized carbons (Fsp3) is 0.636. The molecule has 0 fully saturated rings. The van der Waals surface area contributed by atoms with Crippen molar-refractivity contribution >= 4 is 8.07 Å². The van der Waals surface area contributed by atoms with Crippen LogP contribution in [-0.4, -0.2) is 21.2 Å². The lowest BCUT2D eigenvalue weighted by Gasteiger charge is -2.08. The first-order chi connectivity index (χ1) is 6.06. The van der Waals surface area contributed by atoms with E-state index in [-0.39, 0.29) is 0 Å². The molecule has 0 aromatic heterocycles. The van der Waals surface area contributed by atoms with E-state index in [0.717, 1.165) is 25.9 Å². The van der Waals surface area contributed by atoms with Crippen molar-refractivity contribution in [2.24, 2.45) is 0 Å². The minimum Gasteiger partial charge on any atom is -0.316 e. The van der Waals surface area contributed by atoms with E-state index in [1.54, 1.807) is 0 Å². The summed E-state index contributed by atoms with van der Waals surface area (Å²) in [5.41, 5.74) is 2.40. The molecule has 0 aliphatic rings. The van der Waals surface area contributed by atoms with Crippen LogP contribution in [0.25, 0.3) is 0 Å². The third kappa shape index (κ3) is 11.7. The Hall–Kier alpha value is -0.343. The molecule has 0 aliphatic carbocycles. The summed E-state index contributed by atoms with van der Waals surface area (Å²) in [4.78, 5) is 0. The van der Waals surface area contributed by atoms with Gasteiger partial charge in [-0.15, -0.1) is 6.58 Å². The van der Waals surface area contributed by atoms with Crippen molar-refractivity contribution < 1.29 is 0 Å². The predicted molar refractivity (Wildman–Crippen MR) is 64.8 cm³/mol. The van der Waals surface area contributed by atoms with Crippen LogP contribution in [0.2, 0.25) is 19.6 Å². The number of nitrogens with one attached hydrogen (secondary N) is 1. The van der Waals surface area contributed by atoms with Crippen LogP contribution in [0.3, 0.4) is 0 Å². The zero-order valence-corrected chi connectivity index (χ0v) is 10.3. The maximum atomic E-state index is 3.68. The van der Waals surface area contributed by atoms with Crippen LogP contribution in [0.15, 0.2) is 24.4 Å². The Balaban J connectivity index is 3.25. The smallest absolute Gasteiger partial charge is 0.0682 e. The molecule has 1 N–H and O–H groups in total. The molecule has 76 valence electrons. The molecule has 0 rings (SSSR count). The summed E-state index contributed by atoms with van der Waals surface area (Å²) < 4.78 is 0. The molecule has 0 bridgehead atoms. The number of hydrogen-bond donors (Lipinski definition) is 1. The fourth-order valence-electron chi connectivity index (χ4n) is 0.951. The average Bonchev–Trinajstić information content (AvgIpc) is 2.01. The van der Waals surface area contributed by atoms with Gasteiger partial charge in [0, 0.05) is 0 Å². The van der Waals surface area contributed by atoms with E-state index in [0.29, 0.717) is 0 Å². The predicted octanol–water partition coefficient (Wildman–Crippen LogP) is 2.98. The van der Waals surface area contributed by atoms with E-state index in [2.05, 4.69) is 43.3 Å².